The van der Waals surface area contributed by atoms with Crippen molar-refractivity contribution in [3.63, 3.8) is 0 Å². The van der Waals surface area contributed by atoms with Crippen LogP contribution in [0.3, 0.4) is 0 Å². The summed E-state index contributed by atoms with van der Waals surface area (Å²) in [5.41, 5.74) is 0.703. The summed E-state index contributed by atoms with van der Waals surface area (Å²) in [6, 6.07) is 6.72. The highest BCUT2D eigenvalue weighted by molar-refractivity contribution is 5.94. The van der Waals surface area contributed by atoms with Crippen LogP contribution in [0.5, 0.6) is 0 Å². The van der Waals surface area contributed by atoms with Gasteiger partial charge in [0.05, 0.1) is 5.56 Å². The first-order valence-corrected chi connectivity index (χ1v) is 6.92. The normalized spacial score (nSPS) is 16.2. The van der Waals surface area contributed by atoms with Crippen LogP contribution >= 0.6 is 0 Å². The number of carboxylic acids is 1. The summed E-state index contributed by atoms with van der Waals surface area (Å²) in [5.74, 6) is 0.343. The fraction of sp³-hybridized carbons (Fsp3) is 0.400. The molecule has 0 radical (unpaired) electrons. The number of rotatable bonds is 3. The van der Waals surface area contributed by atoms with Crippen molar-refractivity contribution in [2.24, 2.45) is 0 Å². The number of hydrogen-bond acceptors (Lipinski definition) is 4. The fourth-order valence-corrected chi connectivity index (χ4v) is 2.72. The summed E-state index contributed by atoms with van der Waals surface area (Å²) in [4.78, 5) is 15.6. The van der Waals surface area contributed by atoms with Crippen molar-refractivity contribution in [3.05, 3.63) is 35.7 Å². The van der Waals surface area contributed by atoms with Gasteiger partial charge in [0.25, 0.3) is 0 Å². The molecule has 0 amide bonds. The van der Waals surface area contributed by atoms with Gasteiger partial charge in [-0.2, -0.15) is 4.98 Å². The summed E-state index contributed by atoms with van der Waals surface area (Å²) < 4.78 is 5.34. The van der Waals surface area contributed by atoms with E-state index in [0.29, 0.717) is 23.2 Å². The van der Waals surface area contributed by atoms with E-state index in [1.54, 1.807) is 24.3 Å². The number of aromatic carboxylic acids is 1. The van der Waals surface area contributed by atoms with Gasteiger partial charge >= 0.3 is 5.97 Å². The predicted molar refractivity (Wildman–Crippen MR) is 72.5 cm³/mol. The zero-order valence-electron chi connectivity index (χ0n) is 11.1. The van der Waals surface area contributed by atoms with Gasteiger partial charge in [0.1, 0.15) is 0 Å². The molecule has 0 atom stereocenters. The van der Waals surface area contributed by atoms with Gasteiger partial charge in [-0.05, 0) is 18.9 Å². The first-order valence-electron chi connectivity index (χ1n) is 6.92. The van der Waals surface area contributed by atoms with Gasteiger partial charge in [-0.25, -0.2) is 4.79 Å². The highest BCUT2D eigenvalue weighted by Crippen LogP contribution is 2.32. The van der Waals surface area contributed by atoms with Gasteiger partial charge in [0.15, 0.2) is 0 Å². The quantitative estimate of drug-likeness (QED) is 0.925. The zero-order valence-corrected chi connectivity index (χ0v) is 11.1. The third-order valence-corrected chi connectivity index (χ3v) is 3.79. The lowest BCUT2D eigenvalue weighted by Crippen LogP contribution is -2.05. The molecule has 0 unspecified atom stereocenters. The Labute approximate surface area is 116 Å². The number of hydrogen-bond donors (Lipinski definition) is 1. The van der Waals surface area contributed by atoms with E-state index in [0.717, 1.165) is 12.8 Å². The van der Waals surface area contributed by atoms with Crippen molar-refractivity contribution in [1.29, 1.82) is 0 Å². The molecule has 1 aliphatic rings. The molecule has 1 heterocycles. The van der Waals surface area contributed by atoms with Crippen LogP contribution in [0.15, 0.2) is 28.8 Å². The Morgan fingerprint density at radius 1 is 1.20 bits per heavy atom. The molecular formula is C15H16N2O3. The standard InChI is InChI=1S/C15H16N2O3/c18-15(19)12-9-5-4-8-11(12)13-16-14(20-17-13)10-6-2-1-3-7-10/h4-5,8-10H,1-3,6-7H2,(H,18,19). The van der Waals surface area contributed by atoms with Gasteiger partial charge < -0.3 is 9.63 Å². The van der Waals surface area contributed by atoms with Crippen LogP contribution in [-0.4, -0.2) is 21.2 Å². The highest BCUT2D eigenvalue weighted by Gasteiger charge is 2.23. The molecule has 0 aliphatic heterocycles. The molecule has 1 saturated carbocycles. The average molecular weight is 272 g/mol. The Kier molecular flexibility index (Phi) is 3.50. The molecule has 1 N–H and O–H groups in total. The Morgan fingerprint density at radius 2 is 1.95 bits per heavy atom. The Bertz CT molecular complexity index is 615. The number of nitrogens with zero attached hydrogens (tertiary/aromatic N) is 2. The molecule has 1 aromatic carbocycles. The maximum absolute atomic E-state index is 11.2. The Morgan fingerprint density at radius 3 is 2.70 bits per heavy atom. The Hall–Kier alpha value is -2.17. The molecule has 0 spiro atoms. The van der Waals surface area contributed by atoms with Crippen LogP contribution in [0.2, 0.25) is 0 Å². The largest absolute Gasteiger partial charge is 0.478 e. The van der Waals surface area contributed by atoms with Gasteiger partial charge in [-0.3, -0.25) is 0 Å². The van der Waals surface area contributed by atoms with E-state index >= 15 is 0 Å². The Balaban J connectivity index is 1.92. The van der Waals surface area contributed by atoms with Gasteiger partial charge in [0, 0.05) is 11.5 Å². The SMILES string of the molecule is O=C(O)c1ccccc1-c1noc(C2CCCCC2)n1. The lowest BCUT2D eigenvalue weighted by atomic mass is 9.89. The van der Waals surface area contributed by atoms with Crippen molar-refractivity contribution in [1.82, 2.24) is 10.1 Å². The van der Waals surface area contributed by atoms with Crippen LogP contribution in [-0.2, 0) is 0 Å². The molecule has 20 heavy (non-hydrogen) atoms. The van der Waals surface area contributed by atoms with E-state index in [9.17, 15) is 9.90 Å². The molecule has 0 saturated heterocycles. The molecule has 1 fully saturated rings. The summed E-state index contributed by atoms with van der Waals surface area (Å²) in [6.07, 6.45) is 5.78. The summed E-state index contributed by atoms with van der Waals surface area (Å²) in [7, 11) is 0. The molecule has 3 rings (SSSR count). The van der Waals surface area contributed by atoms with Crippen molar-refractivity contribution < 1.29 is 14.4 Å². The zero-order chi connectivity index (χ0) is 13.9. The predicted octanol–water partition coefficient (Wildman–Crippen LogP) is 3.48. The van der Waals surface area contributed by atoms with Gasteiger partial charge in [-0.1, -0.05) is 42.6 Å². The molecule has 5 heteroatoms. The number of benzene rings is 1. The van der Waals surface area contributed by atoms with E-state index < -0.39 is 5.97 Å². The van der Waals surface area contributed by atoms with E-state index in [4.69, 9.17) is 4.52 Å². The maximum atomic E-state index is 11.2. The minimum Gasteiger partial charge on any atom is -0.478 e. The molecule has 1 aromatic heterocycles. The first kappa shape index (κ1) is 12.8. The minimum absolute atomic E-state index is 0.198. The van der Waals surface area contributed by atoms with Crippen LogP contribution < -0.4 is 0 Å². The van der Waals surface area contributed by atoms with E-state index in [-0.39, 0.29) is 5.56 Å². The number of carboxylic acid groups (broad SMARTS) is 1. The number of carbonyl (C=O) groups is 1. The monoisotopic (exact) mass is 272 g/mol. The van der Waals surface area contributed by atoms with Crippen LogP contribution in [0, 0.1) is 0 Å². The van der Waals surface area contributed by atoms with Crippen LogP contribution in [0.25, 0.3) is 11.4 Å². The van der Waals surface area contributed by atoms with Gasteiger partial charge in [0.2, 0.25) is 11.7 Å². The van der Waals surface area contributed by atoms with Crippen molar-refractivity contribution in [2.75, 3.05) is 0 Å². The van der Waals surface area contributed by atoms with E-state index in [1.165, 1.54) is 19.3 Å². The van der Waals surface area contributed by atoms with Crippen molar-refractivity contribution in [2.45, 2.75) is 38.0 Å². The topological polar surface area (TPSA) is 76.2 Å². The molecule has 5 nitrogen and oxygen atoms in total. The van der Waals surface area contributed by atoms with E-state index in [2.05, 4.69) is 10.1 Å². The third kappa shape index (κ3) is 2.43. The van der Waals surface area contributed by atoms with Crippen LogP contribution in [0.4, 0.5) is 0 Å². The fourth-order valence-electron chi connectivity index (χ4n) is 2.72. The second-order valence-corrected chi connectivity index (χ2v) is 5.14. The van der Waals surface area contributed by atoms with Crippen molar-refractivity contribution >= 4 is 5.97 Å². The third-order valence-electron chi connectivity index (χ3n) is 3.79. The van der Waals surface area contributed by atoms with Crippen LogP contribution in [0.1, 0.15) is 54.3 Å². The molecule has 0 bridgehead atoms. The molecule has 1 aliphatic carbocycles. The first-order chi connectivity index (χ1) is 9.75. The second kappa shape index (κ2) is 5.45. The summed E-state index contributed by atoms with van der Waals surface area (Å²) in [6.45, 7) is 0. The maximum Gasteiger partial charge on any atom is 0.336 e. The van der Waals surface area contributed by atoms with E-state index in [1.807, 2.05) is 0 Å². The average Bonchev–Trinajstić information content (AvgIpc) is 2.98. The number of aromatic nitrogens is 2. The molecule has 104 valence electrons. The summed E-state index contributed by atoms with van der Waals surface area (Å²) >= 11 is 0. The van der Waals surface area contributed by atoms with Gasteiger partial charge in [-0.15, -0.1) is 0 Å². The smallest absolute Gasteiger partial charge is 0.336 e. The van der Waals surface area contributed by atoms with Crippen molar-refractivity contribution in [3.8, 4) is 11.4 Å². The lowest BCUT2D eigenvalue weighted by Gasteiger charge is -2.17. The lowest BCUT2D eigenvalue weighted by molar-refractivity contribution is 0.0697. The molecular weight excluding hydrogens is 256 g/mol. The second-order valence-electron chi connectivity index (χ2n) is 5.14. The highest BCUT2D eigenvalue weighted by atomic mass is 16.5. The summed E-state index contributed by atoms with van der Waals surface area (Å²) in [5, 5.41) is 13.2. The minimum atomic E-state index is -0.982. The molecule has 2 aromatic rings.